The number of ether oxygens (including phenoxy) is 1. The first-order valence-electron chi connectivity index (χ1n) is 5.62. The second-order valence-corrected chi connectivity index (χ2v) is 4.21. The minimum Gasteiger partial charge on any atom is -0.447 e. The van der Waals surface area contributed by atoms with Crippen LogP contribution in [0.2, 0.25) is 0 Å². The first-order valence-corrected chi connectivity index (χ1v) is 5.62. The Morgan fingerprint density at radius 3 is 2.57 bits per heavy atom. The monoisotopic (exact) mass is 199 g/mol. The van der Waals surface area contributed by atoms with Crippen molar-refractivity contribution in [1.29, 1.82) is 0 Å². The fourth-order valence-corrected chi connectivity index (χ4v) is 1.41. The zero-order valence-electron chi connectivity index (χ0n) is 9.45. The summed E-state index contributed by atoms with van der Waals surface area (Å²) in [6, 6.07) is 0.466. The molecular formula is C11H21NO2. The summed E-state index contributed by atoms with van der Waals surface area (Å²) in [5, 5.41) is 0. The predicted octanol–water partition coefficient (Wildman–Crippen LogP) is 2.80. The Kier molecular flexibility index (Phi) is 4.23. The molecule has 0 unspecified atom stereocenters. The van der Waals surface area contributed by atoms with E-state index in [9.17, 15) is 4.79 Å². The van der Waals surface area contributed by atoms with Gasteiger partial charge in [-0.1, -0.05) is 13.3 Å². The Morgan fingerprint density at radius 2 is 2.14 bits per heavy atom. The lowest BCUT2D eigenvalue weighted by Gasteiger charge is -2.22. The molecule has 1 fully saturated rings. The minimum absolute atomic E-state index is 0.00891. The molecule has 0 aromatic rings. The molecule has 1 saturated carbocycles. The van der Waals surface area contributed by atoms with Crippen LogP contribution in [0.3, 0.4) is 0 Å². The first kappa shape index (κ1) is 11.3. The molecule has 0 N–H and O–H groups in total. The van der Waals surface area contributed by atoms with Crippen LogP contribution in [0.15, 0.2) is 0 Å². The molecular weight excluding hydrogens is 178 g/mol. The van der Waals surface area contributed by atoms with Crippen LogP contribution in [-0.2, 0) is 4.74 Å². The highest BCUT2D eigenvalue weighted by Crippen LogP contribution is 2.27. The molecule has 0 aromatic carbocycles. The van der Waals surface area contributed by atoms with Gasteiger partial charge in [0, 0.05) is 12.6 Å². The van der Waals surface area contributed by atoms with E-state index in [-0.39, 0.29) is 12.2 Å². The third kappa shape index (κ3) is 3.56. The summed E-state index contributed by atoms with van der Waals surface area (Å²) >= 11 is 0. The molecule has 14 heavy (non-hydrogen) atoms. The van der Waals surface area contributed by atoms with Gasteiger partial charge in [-0.25, -0.2) is 4.79 Å². The van der Waals surface area contributed by atoms with E-state index < -0.39 is 0 Å². The van der Waals surface area contributed by atoms with Crippen molar-refractivity contribution in [3.05, 3.63) is 0 Å². The third-order valence-electron chi connectivity index (χ3n) is 2.31. The van der Waals surface area contributed by atoms with Crippen molar-refractivity contribution < 1.29 is 9.53 Å². The molecule has 1 amide bonds. The third-order valence-corrected chi connectivity index (χ3v) is 2.31. The fourth-order valence-electron chi connectivity index (χ4n) is 1.41. The SMILES string of the molecule is CCCCN(C(=O)OC(C)C)C1CC1. The second-order valence-electron chi connectivity index (χ2n) is 4.21. The van der Waals surface area contributed by atoms with Crippen LogP contribution in [-0.4, -0.2) is 29.7 Å². The lowest BCUT2D eigenvalue weighted by molar-refractivity contribution is 0.0740. The van der Waals surface area contributed by atoms with Gasteiger partial charge in [0.25, 0.3) is 0 Å². The molecule has 1 aliphatic rings. The molecule has 0 saturated heterocycles. The highest BCUT2D eigenvalue weighted by molar-refractivity contribution is 5.68. The highest BCUT2D eigenvalue weighted by Gasteiger charge is 2.33. The Bertz CT molecular complexity index is 188. The van der Waals surface area contributed by atoms with E-state index in [0.717, 1.165) is 32.2 Å². The first-order chi connectivity index (χ1) is 6.65. The number of carbonyl (C=O) groups excluding carboxylic acids is 1. The average molecular weight is 199 g/mol. The number of rotatable bonds is 5. The number of hydrogen-bond acceptors (Lipinski definition) is 2. The van der Waals surface area contributed by atoms with Gasteiger partial charge in [-0.3, -0.25) is 0 Å². The van der Waals surface area contributed by atoms with Gasteiger partial charge in [-0.05, 0) is 33.1 Å². The summed E-state index contributed by atoms with van der Waals surface area (Å²) in [4.78, 5) is 13.5. The number of carbonyl (C=O) groups is 1. The van der Waals surface area contributed by atoms with E-state index >= 15 is 0 Å². The summed E-state index contributed by atoms with van der Waals surface area (Å²) in [6.45, 7) is 6.77. The predicted molar refractivity (Wildman–Crippen MR) is 56.3 cm³/mol. The van der Waals surface area contributed by atoms with Gasteiger partial charge in [0.1, 0.15) is 0 Å². The Hall–Kier alpha value is -0.730. The van der Waals surface area contributed by atoms with E-state index in [1.54, 1.807) is 0 Å². The van der Waals surface area contributed by atoms with Gasteiger partial charge >= 0.3 is 6.09 Å². The largest absolute Gasteiger partial charge is 0.447 e. The molecule has 1 rings (SSSR count). The zero-order valence-corrected chi connectivity index (χ0v) is 9.45. The van der Waals surface area contributed by atoms with E-state index in [1.165, 1.54) is 0 Å². The molecule has 0 aliphatic heterocycles. The van der Waals surface area contributed by atoms with Crippen molar-refractivity contribution in [1.82, 2.24) is 4.90 Å². The van der Waals surface area contributed by atoms with Crippen LogP contribution in [0, 0.1) is 0 Å². The van der Waals surface area contributed by atoms with Crippen molar-refractivity contribution in [2.45, 2.75) is 58.6 Å². The molecule has 0 atom stereocenters. The summed E-state index contributed by atoms with van der Waals surface area (Å²) in [6.07, 6.45) is 4.36. The number of amides is 1. The van der Waals surface area contributed by atoms with Crippen molar-refractivity contribution in [3.8, 4) is 0 Å². The van der Waals surface area contributed by atoms with Crippen molar-refractivity contribution in [3.63, 3.8) is 0 Å². The topological polar surface area (TPSA) is 29.5 Å². The van der Waals surface area contributed by atoms with Crippen molar-refractivity contribution in [2.75, 3.05) is 6.54 Å². The second kappa shape index (κ2) is 5.23. The standard InChI is InChI=1S/C11H21NO2/c1-4-5-8-12(10-6-7-10)11(13)14-9(2)3/h9-10H,4-8H2,1-3H3. The van der Waals surface area contributed by atoms with Gasteiger partial charge < -0.3 is 9.64 Å². The highest BCUT2D eigenvalue weighted by atomic mass is 16.6. The average Bonchev–Trinajstić information content (AvgIpc) is 2.87. The number of unbranched alkanes of at least 4 members (excludes halogenated alkanes) is 1. The number of hydrogen-bond donors (Lipinski definition) is 0. The molecule has 82 valence electrons. The van der Waals surface area contributed by atoms with Crippen molar-refractivity contribution >= 4 is 6.09 Å². The van der Waals surface area contributed by atoms with Crippen LogP contribution < -0.4 is 0 Å². The molecule has 3 nitrogen and oxygen atoms in total. The Balaban J connectivity index is 2.36. The Labute approximate surface area is 86.4 Å². The van der Waals surface area contributed by atoms with E-state index in [4.69, 9.17) is 4.74 Å². The maximum absolute atomic E-state index is 11.6. The van der Waals surface area contributed by atoms with Crippen LogP contribution in [0.1, 0.15) is 46.5 Å². The van der Waals surface area contributed by atoms with Crippen molar-refractivity contribution in [2.24, 2.45) is 0 Å². The van der Waals surface area contributed by atoms with E-state index in [2.05, 4.69) is 6.92 Å². The van der Waals surface area contributed by atoms with Crippen LogP contribution >= 0.6 is 0 Å². The van der Waals surface area contributed by atoms with Crippen LogP contribution in [0.5, 0.6) is 0 Å². The van der Waals surface area contributed by atoms with E-state index in [0.29, 0.717) is 6.04 Å². The maximum atomic E-state index is 11.6. The van der Waals surface area contributed by atoms with Gasteiger partial charge in [0.05, 0.1) is 6.10 Å². The molecule has 3 heteroatoms. The van der Waals surface area contributed by atoms with Gasteiger partial charge in [0.15, 0.2) is 0 Å². The lowest BCUT2D eigenvalue weighted by atomic mass is 10.3. The quantitative estimate of drug-likeness (QED) is 0.681. The molecule has 0 spiro atoms. The van der Waals surface area contributed by atoms with Gasteiger partial charge in [0.2, 0.25) is 0 Å². The molecule has 0 aromatic heterocycles. The molecule has 1 aliphatic carbocycles. The van der Waals surface area contributed by atoms with Gasteiger partial charge in [-0.2, -0.15) is 0 Å². The summed E-state index contributed by atoms with van der Waals surface area (Å²) in [5.74, 6) is 0. The normalized spacial score (nSPS) is 15.7. The zero-order chi connectivity index (χ0) is 10.6. The number of nitrogens with zero attached hydrogens (tertiary/aromatic N) is 1. The lowest BCUT2D eigenvalue weighted by Crippen LogP contribution is -2.35. The molecule has 0 radical (unpaired) electrons. The fraction of sp³-hybridized carbons (Fsp3) is 0.909. The minimum atomic E-state index is -0.129. The summed E-state index contributed by atoms with van der Waals surface area (Å²) in [7, 11) is 0. The molecule has 0 heterocycles. The smallest absolute Gasteiger partial charge is 0.410 e. The van der Waals surface area contributed by atoms with E-state index in [1.807, 2.05) is 18.7 Å². The Morgan fingerprint density at radius 1 is 1.50 bits per heavy atom. The molecule has 0 bridgehead atoms. The maximum Gasteiger partial charge on any atom is 0.410 e. The summed E-state index contributed by atoms with van der Waals surface area (Å²) < 4.78 is 5.20. The van der Waals surface area contributed by atoms with Crippen LogP contribution in [0.4, 0.5) is 4.79 Å². The van der Waals surface area contributed by atoms with Crippen LogP contribution in [0.25, 0.3) is 0 Å². The van der Waals surface area contributed by atoms with Gasteiger partial charge in [-0.15, -0.1) is 0 Å². The summed E-state index contributed by atoms with van der Waals surface area (Å²) in [5.41, 5.74) is 0.